The number of nitrogens with one attached hydrogen (secondary N) is 1. The maximum Gasteiger partial charge on any atom is 0.228 e. The normalized spacial score (nSPS) is 12.1. The largest absolute Gasteiger partial charge is 0.302 e. The molecule has 0 radical (unpaired) electrons. The van der Waals surface area contributed by atoms with Crippen molar-refractivity contribution >= 4 is 34.1 Å². The summed E-state index contributed by atoms with van der Waals surface area (Å²) in [6.45, 7) is 4.04. The molecule has 1 aromatic heterocycles. The number of rotatable bonds is 6. The van der Waals surface area contributed by atoms with Gasteiger partial charge in [-0.15, -0.1) is 23.1 Å². The number of hydrogen-bond acceptors (Lipinski definition) is 4. The van der Waals surface area contributed by atoms with Crippen LogP contribution in [0.2, 0.25) is 0 Å². The summed E-state index contributed by atoms with van der Waals surface area (Å²) in [5, 5.41) is 5.56. The van der Waals surface area contributed by atoms with Gasteiger partial charge in [0.25, 0.3) is 0 Å². The van der Waals surface area contributed by atoms with Gasteiger partial charge < -0.3 is 5.32 Å². The SMILES string of the molecule is CCCC(C)C(=O)Nc1nc(-c2ccc(SC)cc2)cs1. The van der Waals surface area contributed by atoms with Gasteiger partial charge in [0, 0.05) is 21.8 Å². The standard InChI is InChI=1S/C16H20N2OS2/c1-4-5-11(2)15(19)18-16-17-14(10-21-16)12-6-8-13(20-3)9-7-12/h6-11H,4-5H2,1-3H3,(H,17,18,19). The van der Waals surface area contributed by atoms with Gasteiger partial charge in [-0.2, -0.15) is 0 Å². The van der Waals surface area contributed by atoms with Gasteiger partial charge in [0.15, 0.2) is 5.13 Å². The molecule has 5 heteroatoms. The van der Waals surface area contributed by atoms with Crippen LogP contribution in [-0.4, -0.2) is 17.1 Å². The van der Waals surface area contributed by atoms with E-state index in [1.807, 2.05) is 12.3 Å². The lowest BCUT2D eigenvalue weighted by Crippen LogP contribution is -2.20. The number of anilines is 1. The van der Waals surface area contributed by atoms with E-state index in [9.17, 15) is 4.79 Å². The molecule has 0 saturated carbocycles. The van der Waals surface area contributed by atoms with Crippen molar-refractivity contribution in [3.63, 3.8) is 0 Å². The lowest BCUT2D eigenvalue weighted by Gasteiger charge is -2.08. The van der Waals surface area contributed by atoms with Crippen LogP contribution < -0.4 is 5.32 Å². The molecule has 1 N–H and O–H groups in total. The van der Waals surface area contributed by atoms with Crippen LogP contribution >= 0.6 is 23.1 Å². The van der Waals surface area contributed by atoms with Gasteiger partial charge in [0.1, 0.15) is 0 Å². The smallest absolute Gasteiger partial charge is 0.228 e. The molecule has 0 bridgehead atoms. The first-order valence-electron chi connectivity index (χ1n) is 7.04. The number of thioether (sulfide) groups is 1. The lowest BCUT2D eigenvalue weighted by molar-refractivity contribution is -0.119. The number of amides is 1. The Morgan fingerprint density at radius 2 is 2.10 bits per heavy atom. The topological polar surface area (TPSA) is 42.0 Å². The van der Waals surface area contributed by atoms with E-state index in [1.165, 1.54) is 16.2 Å². The quantitative estimate of drug-likeness (QED) is 0.769. The summed E-state index contributed by atoms with van der Waals surface area (Å²) in [5.41, 5.74) is 1.98. The molecule has 2 rings (SSSR count). The van der Waals surface area contributed by atoms with Crippen molar-refractivity contribution in [2.45, 2.75) is 31.6 Å². The van der Waals surface area contributed by atoms with Crippen molar-refractivity contribution in [2.24, 2.45) is 5.92 Å². The Bertz CT molecular complexity index is 593. The number of nitrogens with zero attached hydrogens (tertiary/aromatic N) is 1. The molecule has 3 nitrogen and oxygen atoms in total. The number of thiazole rings is 1. The van der Waals surface area contributed by atoms with E-state index in [1.54, 1.807) is 11.8 Å². The average Bonchev–Trinajstić information content (AvgIpc) is 2.96. The molecule has 0 aliphatic heterocycles. The fraction of sp³-hybridized carbons (Fsp3) is 0.375. The summed E-state index contributed by atoms with van der Waals surface area (Å²) >= 11 is 3.19. The van der Waals surface area contributed by atoms with E-state index in [4.69, 9.17) is 0 Å². The van der Waals surface area contributed by atoms with Gasteiger partial charge in [-0.05, 0) is 24.8 Å². The van der Waals surface area contributed by atoms with Crippen molar-refractivity contribution in [1.82, 2.24) is 4.98 Å². The Balaban J connectivity index is 2.05. The first-order chi connectivity index (χ1) is 10.1. The third-order valence-corrected chi connectivity index (χ3v) is 4.79. The molecule has 0 fully saturated rings. The van der Waals surface area contributed by atoms with Gasteiger partial charge in [0.05, 0.1) is 5.69 Å². The highest BCUT2D eigenvalue weighted by atomic mass is 32.2. The number of carbonyl (C=O) groups is 1. The number of carbonyl (C=O) groups excluding carboxylic acids is 1. The molecule has 1 heterocycles. The van der Waals surface area contributed by atoms with Crippen molar-refractivity contribution in [3.05, 3.63) is 29.6 Å². The zero-order valence-electron chi connectivity index (χ0n) is 12.6. The Kier molecular flexibility index (Phi) is 5.82. The predicted molar refractivity (Wildman–Crippen MR) is 92.0 cm³/mol. The molecule has 112 valence electrons. The average molecular weight is 320 g/mol. The predicted octanol–water partition coefficient (Wildman–Crippen LogP) is 4.91. The Morgan fingerprint density at radius 1 is 1.38 bits per heavy atom. The molecule has 1 unspecified atom stereocenters. The third kappa shape index (κ3) is 4.32. The van der Waals surface area contributed by atoms with Gasteiger partial charge in [0.2, 0.25) is 5.91 Å². The highest BCUT2D eigenvalue weighted by molar-refractivity contribution is 7.98. The number of aromatic nitrogens is 1. The molecule has 2 aromatic rings. The second kappa shape index (κ2) is 7.61. The van der Waals surface area contributed by atoms with E-state index < -0.39 is 0 Å². The third-order valence-electron chi connectivity index (χ3n) is 3.29. The van der Waals surface area contributed by atoms with Crippen LogP contribution in [0.3, 0.4) is 0 Å². The minimum atomic E-state index is 0.0308. The van der Waals surface area contributed by atoms with Crippen LogP contribution in [-0.2, 0) is 4.79 Å². The van der Waals surface area contributed by atoms with Gasteiger partial charge in [-0.1, -0.05) is 32.4 Å². The maximum atomic E-state index is 12.0. The zero-order valence-corrected chi connectivity index (χ0v) is 14.2. The second-order valence-electron chi connectivity index (χ2n) is 4.95. The summed E-state index contributed by atoms with van der Waals surface area (Å²) in [5.74, 6) is 0.0821. The summed E-state index contributed by atoms with van der Waals surface area (Å²) in [6.07, 6.45) is 3.97. The van der Waals surface area contributed by atoms with Crippen molar-refractivity contribution < 1.29 is 4.79 Å². The van der Waals surface area contributed by atoms with Gasteiger partial charge in [-0.25, -0.2) is 4.98 Å². The fourth-order valence-electron chi connectivity index (χ4n) is 2.02. The van der Waals surface area contributed by atoms with Crippen LogP contribution in [0.25, 0.3) is 11.3 Å². The van der Waals surface area contributed by atoms with Gasteiger partial charge in [-0.3, -0.25) is 4.79 Å². The van der Waals surface area contributed by atoms with E-state index in [0.717, 1.165) is 24.1 Å². The Labute approximate surface area is 134 Å². The fourth-order valence-corrected chi connectivity index (χ4v) is 3.15. The molecule has 21 heavy (non-hydrogen) atoms. The van der Waals surface area contributed by atoms with Crippen molar-refractivity contribution in [2.75, 3.05) is 11.6 Å². The molecular weight excluding hydrogens is 300 g/mol. The highest BCUT2D eigenvalue weighted by Crippen LogP contribution is 2.27. The summed E-state index contributed by atoms with van der Waals surface area (Å²) < 4.78 is 0. The highest BCUT2D eigenvalue weighted by Gasteiger charge is 2.14. The van der Waals surface area contributed by atoms with Crippen LogP contribution in [0.1, 0.15) is 26.7 Å². The maximum absolute atomic E-state index is 12.0. The minimum Gasteiger partial charge on any atom is -0.302 e. The number of benzene rings is 1. The van der Waals surface area contributed by atoms with Crippen LogP contribution in [0.5, 0.6) is 0 Å². The Hall–Kier alpha value is -1.33. The van der Waals surface area contributed by atoms with E-state index in [2.05, 4.69) is 47.7 Å². The summed E-state index contributed by atoms with van der Waals surface area (Å²) in [7, 11) is 0. The molecule has 0 saturated heterocycles. The Morgan fingerprint density at radius 3 is 2.71 bits per heavy atom. The minimum absolute atomic E-state index is 0.0308. The molecule has 1 amide bonds. The number of hydrogen-bond donors (Lipinski definition) is 1. The molecule has 0 spiro atoms. The molecular formula is C16H20N2OS2. The van der Waals surface area contributed by atoms with Crippen LogP contribution in [0, 0.1) is 5.92 Å². The van der Waals surface area contributed by atoms with Crippen LogP contribution in [0.15, 0.2) is 34.5 Å². The first-order valence-corrected chi connectivity index (χ1v) is 9.15. The second-order valence-corrected chi connectivity index (χ2v) is 6.68. The monoisotopic (exact) mass is 320 g/mol. The van der Waals surface area contributed by atoms with Crippen LogP contribution in [0.4, 0.5) is 5.13 Å². The lowest BCUT2D eigenvalue weighted by atomic mass is 10.1. The summed E-state index contributed by atoms with van der Waals surface area (Å²) in [4.78, 5) is 17.7. The molecule has 1 aromatic carbocycles. The van der Waals surface area contributed by atoms with Gasteiger partial charge >= 0.3 is 0 Å². The summed E-state index contributed by atoms with van der Waals surface area (Å²) in [6, 6.07) is 8.29. The first kappa shape index (κ1) is 16.0. The van der Waals surface area contributed by atoms with Crippen molar-refractivity contribution in [1.29, 1.82) is 0 Å². The molecule has 0 aliphatic rings. The zero-order chi connectivity index (χ0) is 15.2. The van der Waals surface area contributed by atoms with E-state index >= 15 is 0 Å². The van der Waals surface area contributed by atoms with E-state index in [0.29, 0.717) is 5.13 Å². The molecule has 1 atom stereocenters. The van der Waals surface area contributed by atoms with Crippen molar-refractivity contribution in [3.8, 4) is 11.3 Å². The van der Waals surface area contributed by atoms with E-state index in [-0.39, 0.29) is 11.8 Å². The molecule has 0 aliphatic carbocycles.